The van der Waals surface area contributed by atoms with E-state index in [2.05, 4.69) is 9.59 Å². The number of carbonyl (C=O) groups is 4. The maximum absolute atomic E-state index is 14.1. The minimum Gasteiger partial charge on any atom is -0.349 e. The van der Waals surface area contributed by atoms with Crippen LogP contribution in [-0.2, 0) is 14.3 Å². The molecule has 0 N–H and O–H groups in total. The molecule has 2 aliphatic heterocycles. The van der Waals surface area contributed by atoms with Gasteiger partial charge in [-0.2, -0.15) is 0 Å². The summed E-state index contributed by atoms with van der Waals surface area (Å²) in [5, 5.41) is 6.32. The summed E-state index contributed by atoms with van der Waals surface area (Å²) in [6.45, 7) is 4.00. The van der Waals surface area contributed by atoms with Crippen LogP contribution in [-0.4, -0.2) is 38.6 Å². The number of carbonyl (C=O) groups excluding carboxylic acids is 4. The van der Waals surface area contributed by atoms with Crippen molar-refractivity contribution in [3.63, 3.8) is 0 Å². The number of benzene rings is 3. The Labute approximate surface area is 249 Å². The molecule has 41 heavy (non-hydrogen) atoms. The molecule has 206 valence electrons. The van der Waals surface area contributed by atoms with E-state index >= 15 is 0 Å². The molecule has 2 amide bonds. The second-order valence-corrected chi connectivity index (χ2v) is 10.9. The normalized spacial score (nSPS) is 22.1. The highest BCUT2D eigenvalue weighted by molar-refractivity contribution is 7.03. The van der Waals surface area contributed by atoms with E-state index in [-0.39, 0.29) is 21.2 Å². The molecule has 3 unspecified atom stereocenters. The molecule has 4 aromatic rings. The maximum Gasteiger partial charge on any atom is 0.241 e. The van der Waals surface area contributed by atoms with E-state index in [1.165, 1.54) is 29.7 Å². The molecule has 0 radical (unpaired) electrons. The van der Waals surface area contributed by atoms with Crippen molar-refractivity contribution in [2.75, 3.05) is 4.90 Å². The van der Waals surface area contributed by atoms with Gasteiger partial charge in [-0.05, 0) is 41.4 Å². The van der Waals surface area contributed by atoms with E-state index in [9.17, 15) is 19.2 Å². The number of amides is 2. The topological polar surface area (TPSA) is 107 Å². The first-order valence-electron chi connectivity index (χ1n) is 12.9. The van der Waals surface area contributed by atoms with Crippen LogP contribution < -0.4 is 4.90 Å². The van der Waals surface area contributed by atoms with E-state index < -0.39 is 46.9 Å². The maximum atomic E-state index is 14.1. The molecule has 1 spiro atoms. The monoisotopic (exact) mass is 605 g/mol. The highest BCUT2D eigenvalue weighted by Crippen LogP contribution is 2.58. The molecule has 3 aliphatic rings. The Bertz CT molecular complexity index is 1690. The lowest BCUT2D eigenvalue weighted by Crippen LogP contribution is -2.51. The molecule has 3 heterocycles. The van der Waals surface area contributed by atoms with Crippen molar-refractivity contribution in [2.24, 2.45) is 11.8 Å². The molecule has 1 aliphatic carbocycles. The third-order valence-corrected chi connectivity index (χ3v) is 8.82. The predicted molar refractivity (Wildman–Crippen MR) is 154 cm³/mol. The summed E-state index contributed by atoms with van der Waals surface area (Å²) in [6, 6.07) is 17.7. The lowest BCUT2D eigenvalue weighted by molar-refractivity contribution is -0.127. The van der Waals surface area contributed by atoms with E-state index in [4.69, 9.17) is 27.9 Å². The predicted octanol–water partition coefficient (Wildman–Crippen LogP) is 6.23. The third-order valence-electron chi connectivity index (χ3n) is 7.57. The van der Waals surface area contributed by atoms with Gasteiger partial charge in [0.25, 0.3) is 0 Å². The lowest BCUT2D eigenvalue weighted by Gasteiger charge is -2.27. The molecule has 2 fully saturated rings. The van der Waals surface area contributed by atoms with E-state index in [1.807, 2.05) is 13.8 Å². The summed E-state index contributed by atoms with van der Waals surface area (Å²) in [4.78, 5) is 56.8. The van der Waals surface area contributed by atoms with E-state index in [1.54, 1.807) is 53.9 Å². The third kappa shape index (κ3) is 3.91. The van der Waals surface area contributed by atoms with Crippen molar-refractivity contribution in [3.8, 4) is 11.3 Å². The van der Waals surface area contributed by atoms with Gasteiger partial charge in [-0.15, -0.1) is 5.10 Å². The minimum atomic E-state index is -2.17. The lowest BCUT2D eigenvalue weighted by atomic mass is 9.77. The van der Waals surface area contributed by atoms with Crippen molar-refractivity contribution >= 4 is 63.8 Å². The molecule has 8 nitrogen and oxygen atoms in total. The van der Waals surface area contributed by atoms with Crippen LogP contribution in [0.15, 0.2) is 72.1 Å². The highest BCUT2D eigenvalue weighted by Gasteiger charge is 2.74. The van der Waals surface area contributed by atoms with Crippen molar-refractivity contribution in [1.29, 1.82) is 0 Å². The summed E-state index contributed by atoms with van der Waals surface area (Å²) in [6.07, 6.45) is -1.09. The number of ether oxygens (including phenoxy) is 1. The van der Waals surface area contributed by atoms with Gasteiger partial charge in [0.1, 0.15) is 5.69 Å². The van der Waals surface area contributed by atoms with E-state index in [0.29, 0.717) is 16.9 Å². The number of Topliss-reactive ketones (excluding diaryl/α,β-unsaturated/α-hetero) is 2. The van der Waals surface area contributed by atoms with Gasteiger partial charge in [-0.1, -0.05) is 84.0 Å². The quantitative estimate of drug-likeness (QED) is 0.201. The second kappa shape index (κ2) is 10.3. The zero-order valence-electron chi connectivity index (χ0n) is 21.7. The molecule has 11 heteroatoms. The Morgan fingerprint density at radius 2 is 1.51 bits per heavy atom. The van der Waals surface area contributed by atoms with Crippen LogP contribution in [0.25, 0.3) is 11.3 Å². The summed E-state index contributed by atoms with van der Waals surface area (Å²) in [7, 11) is 0. The Balaban J connectivity index is 0.00000148. The van der Waals surface area contributed by atoms with Gasteiger partial charge in [-0.25, -0.2) is 4.90 Å². The van der Waals surface area contributed by atoms with Gasteiger partial charge >= 0.3 is 0 Å². The van der Waals surface area contributed by atoms with Crippen LogP contribution in [0.5, 0.6) is 0 Å². The first kappa shape index (κ1) is 27.4. The van der Waals surface area contributed by atoms with E-state index in [0.717, 1.165) is 10.5 Å². The largest absolute Gasteiger partial charge is 0.349 e. The Hall–Kier alpha value is -3.76. The number of halogens is 2. The number of anilines is 1. The SMILES string of the molecule is CC.O=C1C2C(c3ccc(Cl)c(Cl)c3)OC3(C(=O)c4ccccc4C3=O)C2C(=O)N1c1ccc(-c2csnn2)cc1. The number of nitrogens with zero attached hydrogens (tertiary/aromatic N) is 3. The number of imide groups is 1. The number of aromatic nitrogens is 2. The summed E-state index contributed by atoms with van der Waals surface area (Å²) < 4.78 is 10.1. The molecule has 0 saturated carbocycles. The standard InChI is InChI=1S/C28H15Cl2N3O5S.C2H6/c29-18-10-7-14(11-19(18)30)23-21-22(28(38-23)24(34)16-3-1-2-4-17(16)25(28)35)27(37)33(26(21)36)15-8-5-13(6-9-15)20-12-39-32-31-20;1-2/h1-12,21-23H;1-2H3. The van der Waals surface area contributed by atoms with Crippen LogP contribution in [0, 0.1) is 11.8 Å². The molecule has 7 rings (SSSR count). The molecular formula is C30H21Cl2N3O5S. The molecular weight excluding hydrogens is 585 g/mol. The fourth-order valence-electron chi connectivity index (χ4n) is 5.83. The summed E-state index contributed by atoms with van der Waals surface area (Å²) in [5.41, 5.74) is 0.323. The number of hydrogen-bond acceptors (Lipinski definition) is 8. The fraction of sp³-hybridized carbons (Fsp3) is 0.200. The zero-order chi connectivity index (χ0) is 29.1. The molecule has 3 aromatic carbocycles. The van der Waals surface area contributed by atoms with Gasteiger partial charge in [0.05, 0.1) is 33.7 Å². The second-order valence-electron chi connectivity index (χ2n) is 9.50. The van der Waals surface area contributed by atoms with Crippen molar-refractivity contribution in [2.45, 2.75) is 25.6 Å². The van der Waals surface area contributed by atoms with Gasteiger partial charge in [0.2, 0.25) is 29.0 Å². The smallest absolute Gasteiger partial charge is 0.241 e. The van der Waals surface area contributed by atoms with Crippen LogP contribution in [0.1, 0.15) is 46.2 Å². The number of hydrogen-bond donors (Lipinski definition) is 0. The number of rotatable bonds is 3. The molecule has 3 atom stereocenters. The van der Waals surface area contributed by atoms with Gasteiger partial charge in [-0.3, -0.25) is 19.2 Å². The van der Waals surface area contributed by atoms with Gasteiger partial charge in [0.15, 0.2) is 0 Å². The van der Waals surface area contributed by atoms with Crippen LogP contribution >= 0.6 is 34.7 Å². The molecule has 0 bridgehead atoms. The van der Waals surface area contributed by atoms with Crippen LogP contribution in [0.4, 0.5) is 5.69 Å². The first-order valence-corrected chi connectivity index (χ1v) is 14.5. The number of fused-ring (bicyclic) bond motifs is 3. The Kier molecular flexibility index (Phi) is 6.86. The van der Waals surface area contributed by atoms with Gasteiger partial charge < -0.3 is 4.74 Å². The van der Waals surface area contributed by atoms with Crippen molar-refractivity contribution in [3.05, 3.63) is 98.8 Å². The Morgan fingerprint density at radius 1 is 0.854 bits per heavy atom. The van der Waals surface area contributed by atoms with Crippen molar-refractivity contribution < 1.29 is 23.9 Å². The Morgan fingerprint density at radius 3 is 2.10 bits per heavy atom. The molecule has 1 aromatic heterocycles. The fourth-order valence-corrected chi connectivity index (χ4v) is 6.61. The van der Waals surface area contributed by atoms with Crippen LogP contribution in [0.2, 0.25) is 10.0 Å². The highest BCUT2D eigenvalue weighted by atomic mass is 35.5. The molecule has 2 saturated heterocycles. The first-order chi connectivity index (χ1) is 19.8. The summed E-state index contributed by atoms with van der Waals surface area (Å²) in [5.74, 6) is -5.01. The minimum absolute atomic E-state index is 0.163. The number of ketones is 2. The van der Waals surface area contributed by atoms with Crippen LogP contribution in [0.3, 0.4) is 0 Å². The average Bonchev–Trinajstić information content (AvgIpc) is 3.75. The zero-order valence-corrected chi connectivity index (χ0v) is 24.0. The average molecular weight is 606 g/mol. The van der Waals surface area contributed by atoms with Gasteiger partial charge in [0, 0.05) is 22.1 Å². The summed E-state index contributed by atoms with van der Waals surface area (Å²) >= 11 is 13.6. The van der Waals surface area contributed by atoms with Crippen molar-refractivity contribution in [1.82, 2.24) is 9.59 Å².